The summed E-state index contributed by atoms with van der Waals surface area (Å²) in [4.78, 5) is 15.9. The number of para-hydroxylation sites is 1. The maximum absolute atomic E-state index is 11.6. The smallest absolute Gasteiger partial charge is 0.250 e. The summed E-state index contributed by atoms with van der Waals surface area (Å²) in [6.45, 7) is 0.395. The second kappa shape index (κ2) is 7.19. The van der Waals surface area contributed by atoms with E-state index >= 15 is 0 Å². The Labute approximate surface area is 145 Å². The highest BCUT2D eigenvalue weighted by molar-refractivity contribution is 6.07. The van der Waals surface area contributed by atoms with E-state index in [1.165, 1.54) is 0 Å². The Morgan fingerprint density at radius 3 is 2.76 bits per heavy atom. The van der Waals surface area contributed by atoms with Crippen LogP contribution in [0.25, 0.3) is 10.9 Å². The molecular formula is C19H20N4O2. The second-order valence-electron chi connectivity index (χ2n) is 5.63. The number of fused-ring (bicyclic) bond motifs is 1. The molecule has 0 bridgehead atoms. The lowest BCUT2D eigenvalue weighted by Crippen LogP contribution is -2.21. The van der Waals surface area contributed by atoms with E-state index in [0.29, 0.717) is 17.6 Å². The monoisotopic (exact) mass is 336 g/mol. The molecular weight excluding hydrogens is 316 g/mol. The van der Waals surface area contributed by atoms with Crippen LogP contribution in [0.1, 0.15) is 22.0 Å². The quantitative estimate of drug-likeness (QED) is 0.641. The van der Waals surface area contributed by atoms with Crippen molar-refractivity contribution < 1.29 is 9.53 Å². The zero-order valence-corrected chi connectivity index (χ0v) is 13.9. The van der Waals surface area contributed by atoms with Crippen molar-refractivity contribution in [3.8, 4) is 5.75 Å². The molecule has 0 unspecified atom stereocenters. The van der Waals surface area contributed by atoms with Crippen molar-refractivity contribution in [2.45, 2.75) is 6.04 Å². The van der Waals surface area contributed by atoms with Gasteiger partial charge in [-0.1, -0.05) is 24.3 Å². The molecule has 6 heteroatoms. The number of benzene rings is 2. The van der Waals surface area contributed by atoms with Gasteiger partial charge in [0, 0.05) is 23.8 Å². The zero-order chi connectivity index (χ0) is 17.8. The molecule has 0 aliphatic carbocycles. The highest BCUT2D eigenvalue weighted by Crippen LogP contribution is 2.28. The molecule has 0 fully saturated rings. The summed E-state index contributed by atoms with van der Waals surface area (Å²) >= 11 is 0. The van der Waals surface area contributed by atoms with Crippen molar-refractivity contribution in [2.24, 2.45) is 11.5 Å². The third kappa shape index (κ3) is 3.39. The van der Waals surface area contributed by atoms with Crippen LogP contribution in [0.15, 0.2) is 54.7 Å². The first-order valence-corrected chi connectivity index (χ1v) is 7.92. The molecule has 0 radical (unpaired) electrons. The Morgan fingerprint density at radius 1 is 1.24 bits per heavy atom. The Morgan fingerprint density at radius 2 is 2.04 bits per heavy atom. The lowest BCUT2D eigenvalue weighted by molar-refractivity contribution is 0.100. The molecule has 3 aromatic rings. The first kappa shape index (κ1) is 16.7. The number of hydrogen-bond acceptors (Lipinski definition) is 5. The van der Waals surface area contributed by atoms with E-state index in [0.717, 1.165) is 22.4 Å². The molecule has 0 saturated heterocycles. The molecule has 1 aromatic heterocycles. The number of hydrogen-bond donors (Lipinski definition) is 3. The molecule has 1 amide bonds. The topological polar surface area (TPSA) is 103 Å². The van der Waals surface area contributed by atoms with E-state index in [4.69, 9.17) is 16.2 Å². The van der Waals surface area contributed by atoms with Gasteiger partial charge in [-0.25, -0.2) is 0 Å². The van der Waals surface area contributed by atoms with Crippen molar-refractivity contribution in [3.63, 3.8) is 0 Å². The maximum atomic E-state index is 11.6. The number of nitrogens with zero attached hydrogens (tertiary/aromatic N) is 1. The van der Waals surface area contributed by atoms with E-state index in [1.807, 2.05) is 36.4 Å². The molecule has 3 rings (SSSR count). The molecule has 0 saturated carbocycles. The van der Waals surface area contributed by atoms with Gasteiger partial charge in [0.2, 0.25) is 0 Å². The Balaban J connectivity index is 2.01. The SMILES string of the molecule is COc1cccc([C@@H](CN)Nc2ccnc3c(C(N)=O)cccc23)c1. The molecule has 128 valence electrons. The number of ether oxygens (including phenoxy) is 1. The van der Waals surface area contributed by atoms with Crippen LogP contribution in [-0.4, -0.2) is 24.5 Å². The molecule has 2 aromatic carbocycles. The number of carbonyl (C=O) groups excluding carboxylic acids is 1. The van der Waals surface area contributed by atoms with Gasteiger partial charge < -0.3 is 21.5 Å². The molecule has 0 aliphatic heterocycles. The fourth-order valence-electron chi connectivity index (χ4n) is 2.83. The molecule has 1 heterocycles. The number of aromatic nitrogens is 1. The minimum atomic E-state index is -0.501. The molecule has 6 nitrogen and oxygen atoms in total. The van der Waals surface area contributed by atoms with Crippen LogP contribution < -0.4 is 21.5 Å². The van der Waals surface area contributed by atoms with E-state index in [-0.39, 0.29) is 6.04 Å². The molecule has 0 spiro atoms. The lowest BCUT2D eigenvalue weighted by Gasteiger charge is -2.20. The molecule has 0 aliphatic rings. The van der Waals surface area contributed by atoms with Gasteiger partial charge in [-0.15, -0.1) is 0 Å². The molecule has 1 atom stereocenters. The fourth-order valence-corrected chi connectivity index (χ4v) is 2.83. The predicted octanol–water partition coefficient (Wildman–Crippen LogP) is 2.45. The number of amides is 1. The van der Waals surface area contributed by atoms with Crippen molar-refractivity contribution in [2.75, 3.05) is 19.0 Å². The number of primary amides is 1. The lowest BCUT2D eigenvalue weighted by atomic mass is 10.0. The van der Waals surface area contributed by atoms with Gasteiger partial charge >= 0.3 is 0 Å². The number of rotatable bonds is 6. The third-order valence-electron chi connectivity index (χ3n) is 4.10. The maximum Gasteiger partial charge on any atom is 0.250 e. The van der Waals surface area contributed by atoms with Gasteiger partial charge in [-0.05, 0) is 29.8 Å². The van der Waals surface area contributed by atoms with E-state index < -0.39 is 5.91 Å². The van der Waals surface area contributed by atoms with Crippen LogP contribution in [-0.2, 0) is 0 Å². The van der Waals surface area contributed by atoms with Crippen LogP contribution in [0.3, 0.4) is 0 Å². The minimum Gasteiger partial charge on any atom is -0.497 e. The van der Waals surface area contributed by atoms with Gasteiger partial charge in [0.25, 0.3) is 5.91 Å². The van der Waals surface area contributed by atoms with Crippen molar-refractivity contribution >= 4 is 22.5 Å². The number of nitrogens with one attached hydrogen (secondary N) is 1. The first-order chi connectivity index (χ1) is 12.1. The largest absolute Gasteiger partial charge is 0.497 e. The predicted molar refractivity (Wildman–Crippen MR) is 98.7 cm³/mol. The highest BCUT2D eigenvalue weighted by atomic mass is 16.5. The van der Waals surface area contributed by atoms with Gasteiger partial charge in [0.1, 0.15) is 5.75 Å². The summed E-state index contributed by atoms with van der Waals surface area (Å²) in [6, 6.07) is 14.9. The fraction of sp³-hybridized carbons (Fsp3) is 0.158. The van der Waals surface area contributed by atoms with Gasteiger partial charge in [0.05, 0.1) is 24.2 Å². The second-order valence-corrected chi connectivity index (χ2v) is 5.63. The third-order valence-corrected chi connectivity index (χ3v) is 4.10. The van der Waals surface area contributed by atoms with Crippen molar-refractivity contribution in [3.05, 3.63) is 65.9 Å². The number of pyridine rings is 1. The van der Waals surface area contributed by atoms with Crippen LogP contribution in [0.5, 0.6) is 5.75 Å². The van der Waals surface area contributed by atoms with Gasteiger partial charge in [-0.3, -0.25) is 9.78 Å². The molecule has 25 heavy (non-hydrogen) atoms. The van der Waals surface area contributed by atoms with Crippen LogP contribution in [0, 0.1) is 0 Å². The Hall–Kier alpha value is -3.12. The number of carbonyl (C=O) groups is 1. The van der Waals surface area contributed by atoms with E-state index in [2.05, 4.69) is 10.3 Å². The summed E-state index contributed by atoms with van der Waals surface area (Å²) in [5, 5.41) is 4.25. The number of nitrogens with two attached hydrogens (primary N) is 2. The first-order valence-electron chi connectivity index (χ1n) is 7.92. The Bertz CT molecular complexity index is 911. The van der Waals surface area contributed by atoms with Crippen LogP contribution >= 0.6 is 0 Å². The van der Waals surface area contributed by atoms with Crippen LogP contribution in [0.2, 0.25) is 0 Å². The molecule has 5 N–H and O–H groups in total. The standard InChI is InChI=1S/C19H20N4O2/c1-25-13-5-2-4-12(10-13)17(11-20)23-16-8-9-22-18-14(16)6-3-7-15(18)19(21)24/h2-10,17H,11,20H2,1H3,(H2,21,24)(H,22,23)/t17-/m1/s1. The van der Waals surface area contributed by atoms with Crippen molar-refractivity contribution in [1.29, 1.82) is 0 Å². The average Bonchev–Trinajstić information content (AvgIpc) is 2.65. The zero-order valence-electron chi connectivity index (χ0n) is 13.9. The normalized spacial score (nSPS) is 11.9. The summed E-state index contributed by atoms with van der Waals surface area (Å²) < 4.78 is 5.28. The summed E-state index contributed by atoms with van der Waals surface area (Å²) in [5.74, 6) is 0.270. The van der Waals surface area contributed by atoms with E-state index in [9.17, 15) is 4.79 Å². The highest BCUT2D eigenvalue weighted by Gasteiger charge is 2.14. The number of anilines is 1. The number of methoxy groups -OCH3 is 1. The summed E-state index contributed by atoms with van der Waals surface area (Å²) in [7, 11) is 1.63. The average molecular weight is 336 g/mol. The summed E-state index contributed by atoms with van der Waals surface area (Å²) in [5.41, 5.74) is 14.2. The van der Waals surface area contributed by atoms with Crippen molar-refractivity contribution in [1.82, 2.24) is 4.98 Å². The van der Waals surface area contributed by atoms with Crippen LogP contribution in [0.4, 0.5) is 5.69 Å². The Kier molecular flexibility index (Phi) is 4.81. The van der Waals surface area contributed by atoms with Gasteiger partial charge in [0.15, 0.2) is 0 Å². The minimum absolute atomic E-state index is 0.113. The summed E-state index contributed by atoms with van der Waals surface area (Å²) in [6.07, 6.45) is 1.65. The van der Waals surface area contributed by atoms with E-state index in [1.54, 1.807) is 25.4 Å². The van der Waals surface area contributed by atoms with Gasteiger partial charge in [-0.2, -0.15) is 0 Å².